The first-order valence-corrected chi connectivity index (χ1v) is 10.3. The molecule has 1 atom stereocenters. The van der Waals surface area contributed by atoms with Crippen molar-refractivity contribution >= 4 is 23.2 Å². The number of piperazine rings is 1. The van der Waals surface area contributed by atoms with Crippen molar-refractivity contribution in [2.75, 3.05) is 52.2 Å². The molecule has 1 saturated heterocycles. The van der Waals surface area contributed by atoms with Crippen LogP contribution in [0.2, 0.25) is 0 Å². The van der Waals surface area contributed by atoms with Crippen molar-refractivity contribution in [3.05, 3.63) is 64.2 Å². The van der Waals surface area contributed by atoms with Gasteiger partial charge in [0.15, 0.2) is 0 Å². The zero-order valence-electron chi connectivity index (χ0n) is 18.1. The van der Waals surface area contributed by atoms with E-state index in [-0.39, 0.29) is 18.3 Å². The van der Waals surface area contributed by atoms with E-state index in [2.05, 4.69) is 27.5 Å². The first kappa shape index (κ1) is 23.2. The maximum Gasteiger partial charge on any atom is 0.313 e. The van der Waals surface area contributed by atoms with Gasteiger partial charge < -0.3 is 20.3 Å². The Hall–Kier alpha value is -3.50. The van der Waals surface area contributed by atoms with Gasteiger partial charge in [-0.3, -0.25) is 24.6 Å². The second-order valence-corrected chi connectivity index (χ2v) is 7.60. The number of likely N-dealkylation sites (N-methyl/N-ethyl adjacent to an activating group) is 1. The lowest BCUT2D eigenvalue weighted by molar-refractivity contribution is -0.384. The van der Waals surface area contributed by atoms with Crippen molar-refractivity contribution in [2.45, 2.75) is 6.04 Å². The van der Waals surface area contributed by atoms with Crippen LogP contribution < -0.4 is 15.4 Å². The zero-order chi connectivity index (χ0) is 23.1. The second-order valence-electron chi connectivity index (χ2n) is 7.60. The van der Waals surface area contributed by atoms with Gasteiger partial charge >= 0.3 is 11.8 Å². The molecule has 32 heavy (non-hydrogen) atoms. The van der Waals surface area contributed by atoms with Crippen molar-refractivity contribution in [3.8, 4) is 5.75 Å². The van der Waals surface area contributed by atoms with E-state index < -0.39 is 16.7 Å². The van der Waals surface area contributed by atoms with Gasteiger partial charge in [-0.2, -0.15) is 0 Å². The van der Waals surface area contributed by atoms with Gasteiger partial charge in [0.2, 0.25) is 0 Å². The molecule has 10 heteroatoms. The highest BCUT2D eigenvalue weighted by Gasteiger charge is 2.25. The highest BCUT2D eigenvalue weighted by molar-refractivity contribution is 6.39. The minimum absolute atomic E-state index is 0.0919. The number of nitro benzene ring substituents is 1. The van der Waals surface area contributed by atoms with E-state index in [1.54, 1.807) is 7.11 Å². The molecule has 0 aliphatic carbocycles. The van der Waals surface area contributed by atoms with E-state index >= 15 is 0 Å². The standard InChI is InChI=1S/C22H27N5O5/c1-25-11-13-26(14-12-25)20(16-3-9-19(32-2)10-4-16)15-23-21(28)22(29)24-17-5-7-18(8-6-17)27(30)31/h3-10,20H,11-15H2,1-2H3,(H,23,28)(H,24,29)/t20-/m0/s1. The molecule has 2 N–H and O–H groups in total. The molecule has 3 rings (SSSR count). The molecule has 0 spiro atoms. The van der Waals surface area contributed by atoms with Gasteiger partial charge in [0, 0.05) is 50.5 Å². The van der Waals surface area contributed by atoms with Gasteiger partial charge in [0.05, 0.1) is 18.1 Å². The van der Waals surface area contributed by atoms with Crippen LogP contribution in [0.25, 0.3) is 0 Å². The van der Waals surface area contributed by atoms with E-state index in [4.69, 9.17) is 4.74 Å². The molecule has 1 aliphatic heterocycles. The van der Waals surface area contributed by atoms with E-state index in [0.717, 1.165) is 37.5 Å². The van der Waals surface area contributed by atoms with Gasteiger partial charge in [0.1, 0.15) is 5.75 Å². The number of non-ortho nitro benzene ring substituents is 1. The van der Waals surface area contributed by atoms with Gasteiger partial charge in [-0.15, -0.1) is 0 Å². The number of ether oxygens (including phenoxy) is 1. The molecule has 1 fully saturated rings. The summed E-state index contributed by atoms with van der Waals surface area (Å²) in [6.07, 6.45) is 0. The number of carbonyl (C=O) groups is 2. The van der Waals surface area contributed by atoms with Crippen molar-refractivity contribution in [3.63, 3.8) is 0 Å². The lowest BCUT2D eigenvalue weighted by atomic mass is 10.0. The predicted molar refractivity (Wildman–Crippen MR) is 120 cm³/mol. The molecule has 0 unspecified atom stereocenters. The molecule has 2 aromatic carbocycles. The van der Waals surface area contributed by atoms with Crippen LogP contribution in [0, 0.1) is 10.1 Å². The van der Waals surface area contributed by atoms with E-state index in [1.807, 2.05) is 24.3 Å². The van der Waals surface area contributed by atoms with Crippen LogP contribution in [-0.4, -0.2) is 73.4 Å². The number of amides is 2. The molecule has 0 saturated carbocycles. The van der Waals surface area contributed by atoms with Crippen molar-refractivity contribution in [1.82, 2.24) is 15.1 Å². The topological polar surface area (TPSA) is 117 Å². The van der Waals surface area contributed by atoms with E-state index in [9.17, 15) is 19.7 Å². The third kappa shape index (κ3) is 6.02. The molecule has 10 nitrogen and oxygen atoms in total. The maximum absolute atomic E-state index is 12.4. The summed E-state index contributed by atoms with van der Waals surface area (Å²) >= 11 is 0. The fraction of sp³-hybridized carbons (Fsp3) is 0.364. The molecule has 0 aromatic heterocycles. The fourth-order valence-electron chi connectivity index (χ4n) is 3.54. The zero-order valence-corrected chi connectivity index (χ0v) is 18.1. The quantitative estimate of drug-likeness (QED) is 0.381. The Kier molecular flexibility index (Phi) is 7.74. The Morgan fingerprint density at radius 3 is 2.22 bits per heavy atom. The van der Waals surface area contributed by atoms with Crippen LogP contribution in [0.4, 0.5) is 11.4 Å². The number of hydrogen-bond donors (Lipinski definition) is 2. The van der Waals surface area contributed by atoms with Crippen molar-refractivity contribution in [2.24, 2.45) is 0 Å². The Bertz CT molecular complexity index is 940. The Labute approximate surface area is 186 Å². The van der Waals surface area contributed by atoms with Gasteiger partial charge in [-0.25, -0.2) is 0 Å². The number of hydrogen-bond acceptors (Lipinski definition) is 7. The third-order valence-corrected chi connectivity index (χ3v) is 5.48. The molecule has 2 amide bonds. The number of benzene rings is 2. The number of anilines is 1. The van der Waals surface area contributed by atoms with E-state index in [0.29, 0.717) is 5.69 Å². The molecular formula is C22H27N5O5. The first-order valence-electron chi connectivity index (χ1n) is 10.3. The van der Waals surface area contributed by atoms with Crippen LogP contribution in [0.3, 0.4) is 0 Å². The largest absolute Gasteiger partial charge is 0.497 e. The van der Waals surface area contributed by atoms with Crippen LogP contribution in [-0.2, 0) is 9.59 Å². The highest BCUT2D eigenvalue weighted by atomic mass is 16.6. The smallest absolute Gasteiger partial charge is 0.313 e. The number of nitrogens with zero attached hydrogens (tertiary/aromatic N) is 3. The molecule has 1 aliphatic rings. The summed E-state index contributed by atoms with van der Waals surface area (Å²) in [5.74, 6) is -0.848. The van der Waals surface area contributed by atoms with E-state index in [1.165, 1.54) is 24.3 Å². The van der Waals surface area contributed by atoms with Crippen LogP contribution in [0.1, 0.15) is 11.6 Å². The van der Waals surface area contributed by atoms with Crippen LogP contribution in [0.5, 0.6) is 5.75 Å². The molecule has 0 radical (unpaired) electrons. The predicted octanol–water partition coefficient (Wildman–Crippen LogP) is 1.65. The minimum atomic E-state index is -0.828. The molecule has 2 aromatic rings. The first-order chi connectivity index (χ1) is 15.4. The van der Waals surface area contributed by atoms with Crippen molar-refractivity contribution in [1.29, 1.82) is 0 Å². The Morgan fingerprint density at radius 1 is 1.03 bits per heavy atom. The number of nitrogens with one attached hydrogen (secondary N) is 2. The summed E-state index contributed by atoms with van der Waals surface area (Å²) in [5.41, 5.74) is 1.23. The lowest BCUT2D eigenvalue weighted by Gasteiger charge is -2.38. The molecule has 170 valence electrons. The lowest BCUT2D eigenvalue weighted by Crippen LogP contribution is -2.49. The molecule has 1 heterocycles. The van der Waals surface area contributed by atoms with Gasteiger partial charge in [-0.05, 0) is 36.9 Å². The number of nitro groups is 1. The summed E-state index contributed by atoms with van der Waals surface area (Å²) in [7, 11) is 3.68. The monoisotopic (exact) mass is 441 g/mol. The average Bonchev–Trinajstić information content (AvgIpc) is 2.80. The van der Waals surface area contributed by atoms with Gasteiger partial charge in [0.25, 0.3) is 5.69 Å². The minimum Gasteiger partial charge on any atom is -0.497 e. The van der Waals surface area contributed by atoms with Crippen LogP contribution in [0.15, 0.2) is 48.5 Å². The highest BCUT2D eigenvalue weighted by Crippen LogP contribution is 2.24. The Balaban J connectivity index is 1.64. The number of methoxy groups -OCH3 is 1. The fourth-order valence-corrected chi connectivity index (χ4v) is 3.54. The summed E-state index contributed by atoms with van der Waals surface area (Å²) in [6, 6.07) is 12.9. The second kappa shape index (κ2) is 10.7. The summed E-state index contributed by atoms with van der Waals surface area (Å²) in [4.78, 5) is 39.4. The number of carbonyl (C=O) groups excluding carboxylic acids is 2. The summed E-state index contributed by atoms with van der Waals surface area (Å²) < 4.78 is 5.23. The average molecular weight is 441 g/mol. The summed E-state index contributed by atoms with van der Waals surface area (Å²) in [6.45, 7) is 3.79. The van der Waals surface area contributed by atoms with Gasteiger partial charge in [-0.1, -0.05) is 12.1 Å². The molecule has 0 bridgehead atoms. The Morgan fingerprint density at radius 2 is 1.66 bits per heavy atom. The molecular weight excluding hydrogens is 414 g/mol. The SMILES string of the molecule is COc1ccc([C@H](CNC(=O)C(=O)Nc2ccc([N+](=O)[O-])cc2)N2CCN(C)CC2)cc1. The maximum atomic E-state index is 12.4. The third-order valence-electron chi connectivity index (χ3n) is 5.48. The van der Waals surface area contributed by atoms with Crippen LogP contribution >= 0.6 is 0 Å². The normalized spacial score (nSPS) is 15.6. The summed E-state index contributed by atoms with van der Waals surface area (Å²) in [5, 5.41) is 15.9. The van der Waals surface area contributed by atoms with Crippen molar-refractivity contribution < 1.29 is 19.2 Å². The number of rotatable bonds is 7.